The van der Waals surface area contributed by atoms with E-state index in [1.807, 2.05) is 19.1 Å². The molecule has 0 spiro atoms. The van der Waals surface area contributed by atoms with E-state index in [9.17, 15) is 18.0 Å². The molecular formula is C15H17F3N2O2. The number of nitrogens with one attached hydrogen (secondary N) is 1. The van der Waals surface area contributed by atoms with E-state index in [2.05, 4.69) is 10.1 Å². The van der Waals surface area contributed by atoms with Crippen molar-refractivity contribution in [3.05, 3.63) is 36.4 Å². The maximum atomic E-state index is 12.4. The van der Waals surface area contributed by atoms with Crippen LogP contribution in [0.1, 0.15) is 19.8 Å². The van der Waals surface area contributed by atoms with E-state index in [-0.39, 0.29) is 11.7 Å². The zero-order valence-corrected chi connectivity index (χ0v) is 12.1. The van der Waals surface area contributed by atoms with Crippen molar-refractivity contribution in [3.63, 3.8) is 0 Å². The second-order valence-electron chi connectivity index (χ2n) is 4.91. The number of anilines is 1. The van der Waals surface area contributed by atoms with Gasteiger partial charge in [-0.15, -0.1) is 13.2 Å². The quantitative estimate of drug-likeness (QED) is 0.848. The van der Waals surface area contributed by atoms with Gasteiger partial charge in [0.2, 0.25) is 0 Å². The first kappa shape index (κ1) is 16.2. The van der Waals surface area contributed by atoms with Crippen molar-refractivity contribution >= 4 is 11.7 Å². The lowest BCUT2D eigenvalue weighted by molar-refractivity contribution is -0.274. The second-order valence-corrected chi connectivity index (χ2v) is 4.91. The highest BCUT2D eigenvalue weighted by Gasteiger charge is 2.32. The van der Waals surface area contributed by atoms with Gasteiger partial charge >= 0.3 is 12.4 Å². The van der Waals surface area contributed by atoms with Crippen LogP contribution < -0.4 is 10.1 Å². The number of carbonyl (C=O) groups is 1. The molecular weight excluding hydrogens is 297 g/mol. The van der Waals surface area contributed by atoms with Gasteiger partial charge in [0.25, 0.3) is 0 Å². The first-order valence-electron chi connectivity index (χ1n) is 6.99. The minimum Gasteiger partial charge on any atom is -0.404 e. The molecule has 0 aromatic heterocycles. The van der Waals surface area contributed by atoms with E-state index in [4.69, 9.17) is 0 Å². The van der Waals surface area contributed by atoms with Crippen LogP contribution in [0.3, 0.4) is 0 Å². The van der Waals surface area contributed by atoms with E-state index < -0.39 is 18.1 Å². The molecule has 1 atom stereocenters. The monoisotopic (exact) mass is 314 g/mol. The molecule has 2 rings (SSSR count). The summed E-state index contributed by atoms with van der Waals surface area (Å²) in [6.45, 7) is 2.45. The maximum absolute atomic E-state index is 12.4. The van der Waals surface area contributed by atoms with E-state index in [0.717, 1.165) is 18.9 Å². The van der Waals surface area contributed by atoms with Crippen LogP contribution in [0, 0.1) is 0 Å². The van der Waals surface area contributed by atoms with Crippen LogP contribution in [0.5, 0.6) is 5.75 Å². The van der Waals surface area contributed by atoms with Crippen LogP contribution >= 0.6 is 0 Å². The number of halogens is 3. The highest BCUT2D eigenvalue weighted by molar-refractivity contribution is 5.91. The molecule has 1 N–H and O–H groups in total. The lowest BCUT2D eigenvalue weighted by Gasteiger charge is -2.25. The van der Waals surface area contributed by atoms with E-state index >= 15 is 0 Å². The number of amides is 2. The number of nitrogens with zero attached hydrogens (tertiary/aromatic N) is 1. The highest BCUT2D eigenvalue weighted by atomic mass is 19.4. The van der Waals surface area contributed by atoms with Gasteiger partial charge in [0, 0.05) is 6.54 Å². The normalized spacial score (nSPS) is 17.6. The third kappa shape index (κ3) is 4.16. The summed E-state index contributed by atoms with van der Waals surface area (Å²) in [5.41, 5.74) is -0.00743. The Kier molecular flexibility index (Phi) is 4.95. The zero-order chi connectivity index (χ0) is 16.2. The summed E-state index contributed by atoms with van der Waals surface area (Å²) in [4.78, 5) is 13.8. The average Bonchev–Trinajstić information content (AvgIpc) is 2.88. The smallest absolute Gasteiger partial charge is 0.404 e. The fraction of sp³-hybridized carbons (Fsp3) is 0.400. The standard InChI is InChI=1S/C15H17F3N2O2/c1-2-6-11-7-5-10-20(11)14(21)19-12-8-3-4-9-13(12)22-15(16,17)18/h3-5,7-9,11H,2,6,10H2,1H3,(H,19,21)/t11-/m0/s1. The van der Waals surface area contributed by atoms with Gasteiger partial charge in [-0.25, -0.2) is 4.79 Å². The summed E-state index contributed by atoms with van der Waals surface area (Å²) in [5, 5.41) is 2.49. The fourth-order valence-corrected chi connectivity index (χ4v) is 2.32. The average molecular weight is 314 g/mol. The minimum atomic E-state index is -4.80. The van der Waals surface area contributed by atoms with Gasteiger partial charge in [0.05, 0.1) is 11.7 Å². The largest absolute Gasteiger partial charge is 0.573 e. The molecule has 0 fully saturated rings. The molecule has 1 aliphatic rings. The van der Waals surface area contributed by atoms with Gasteiger partial charge in [-0.1, -0.05) is 37.6 Å². The Morgan fingerprint density at radius 2 is 2.14 bits per heavy atom. The second kappa shape index (κ2) is 6.72. The Morgan fingerprint density at radius 1 is 1.41 bits per heavy atom. The van der Waals surface area contributed by atoms with Crippen LogP contribution in [-0.2, 0) is 0 Å². The summed E-state index contributed by atoms with van der Waals surface area (Å²) in [6.07, 6.45) is 0.719. The van der Waals surface area contributed by atoms with E-state index in [0.29, 0.717) is 6.54 Å². The Hall–Kier alpha value is -2.18. The molecule has 1 aromatic carbocycles. The molecule has 4 nitrogen and oxygen atoms in total. The lowest BCUT2D eigenvalue weighted by atomic mass is 10.2. The van der Waals surface area contributed by atoms with Crippen molar-refractivity contribution in [3.8, 4) is 5.75 Å². The lowest BCUT2D eigenvalue weighted by Crippen LogP contribution is -2.39. The van der Waals surface area contributed by atoms with Crippen LogP contribution in [0.25, 0.3) is 0 Å². The summed E-state index contributed by atoms with van der Waals surface area (Å²) in [7, 11) is 0. The predicted molar refractivity (Wildman–Crippen MR) is 76.7 cm³/mol. The Balaban J connectivity index is 2.09. The van der Waals surface area contributed by atoms with Gasteiger partial charge in [-0.2, -0.15) is 0 Å². The third-order valence-electron chi connectivity index (χ3n) is 3.26. The SMILES string of the molecule is CCC[C@H]1C=CCN1C(=O)Nc1ccccc1OC(F)(F)F. The summed E-state index contributed by atoms with van der Waals surface area (Å²) in [6, 6.07) is 5.01. The van der Waals surface area contributed by atoms with Crippen molar-refractivity contribution in [2.75, 3.05) is 11.9 Å². The Labute approximate surface area is 126 Å². The van der Waals surface area contributed by atoms with Crippen molar-refractivity contribution < 1.29 is 22.7 Å². The van der Waals surface area contributed by atoms with Gasteiger partial charge in [0.1, 0.15) is 0 Å². The molecule has 7 heteroatoms. The topological polar surface area (TPSA) is 41.6 Å². The molecule has 22 heavy (non-hydrogen) atoms. The number of urea groups is 1. The number of ether oxygens (including phenoxy) is 1. The van der Waals surface area contributed by atoms with Gasteiger partial charge in [0.15, 0.2) is 5.75 Å². The Morgan fingerprint density at radius 3 is 2.82 bits per heavy atom. The first-order valence-corrected chi connectivity index (χ1v) is 6.99. The van der Waals surface area contributed by atoms with Crippen LogP contribution in [0.4, 0.5) is 23.7 Å². The summed E-state index contributed by atoms with van der Waals surface area (Å²) in [5.74, 6) is -0.428. The first-order chi connectivity index (χ1) is 10.4. The van der Waals surface area contributed by atoms with Gasteiger partial charge < -0.3 is 15.0 Å². The molecule has 120 valence electrons. The number of hydrogen-bond acceptors (Lipinski definition) is 2. The predicted octanol–water partition coefficient (Wildman–Crippen LogP) is 4.16. The van der Waals surface area contributed by atoms with Crippen molar-refractivity contribution in [1.82, 2.24) is 4.90 Å². The van der Waals surface area contributed by atoms with Crippen LogP contribution in [0.15, 0.2) is 36.4 Å². The maximum Gasteiger partial charge on any atom is 0.573 e. The summed E-state index contributed by atoms with van der Waals surface area (Å²) >= 11 is 0. The zero-order valence-electron chi connectivity index (χ0n) is 12.1. The minimum absolute atomic E-state index is 0.00743. The molecule has 1 aliphatic heterocycles. The molecule has 0 radical (unpaired) electrons. The number of para-hydroxylation sites is 2. The number of carbonyl (C=O) groups excluding carboxylic acids is 1. The van der Waals surface area contributed by atoms with Crippen molar-refractivity contribution in [2.24, 2.45) is 0 Å². The highest BCUT2D eigenvalue weighted by Crippen LogP contribution is 2.30. The molecule has 1 aromatic rings. The number of alkyl halides is 3. The Bertz CT molecular complexity index is 558. The van der Waals surface area contributed by atoms with Gasteiger partial charge in [-0.05, 0) is 18.6 Å². The van der Waals surface area contributed by atoms with Crippen molar-refractivity contribution in [2.45, 2.75) is 32.2 Å². The molecule has 0 unspecified atom stereocenters. The van der Waals surface area contributed by atoms with Crippen LogP contribution in [0.2, 0.25) is 0 Å². The van der Waals surface area contributed by atoms with Crippen molar-refractivity contribution in [1.29, 1.82) is 0 Å². The summed E-state index contributed by atoms with van der Waals surface area (Å²) < 4.78 is 41.0. The number of benzene rings is 1. The number of rotatable bonds is 4. The van der Waals surface area contributed by atoms with Crippen LogP contribution in [-0.4, -0.2) is 29.9 Å². The van der Waals surface area contributed by atoms with E-state index in [1.54, 1.807) is 4.90 Å². The molecule has 0 aliphatic carbocycles. The molecule has 2 amide bonds. The number of hydrogen-bond donors (Lipinski definition) is 1. The third-order valence-corrected chi connectivity index (χ3v) is 3.26. The fourth-order valence-electron chi connectivity index (χ4n) is 2.32. The molecule has 0 saturated carbocycles. The molecule has 0 saturated heterocycles. The molecule has 0 bridgehead atoms. The van der Waals surface area contributed by atoms with Gasteiger partial charge in [-0.3, -0.25) is 0 Å². The van der Waals surface area contributed by atoms with E-state index in [1.165, 1.54) is 18.2 Å². The molecule has 1 heterocycles.